The Morgan fingerprint density at radius 3 is 2.70 bits per heavy atom. The lowest BCUT2D eigenvalue weighted by atomic mass is 9.85. The Morgan fingerprint density at radius 1 is 1.15 bits per heavy atom. The molecule has 2 heterocycles. The number of carbonyl (C=O) groups is 2. The van der Waals surface area contributed by atoms with E-state index < -0.39 is 0 Å². The molecule has 1 saturated carbocycles. The molecule has 1 aliphatic carbocycles. The lowest BCUT2D eigenvalue weighted by Crippen LogP contribution is -2.42. The van der Waals surface area contributed by atoms with Crippen molar-refractivity contribution in [2.75, 3.05) is 57.1 Å². The van der Waals surface area contributed by atoms with Crippen molar-refractivity contribution in [2.45, 2.75) is 45.6 Å². The number of nitrogens with zero attached hydrogens (tertiary/aromatic N) is 3. The van der Waals surface area contributed by atoms with E-state index in [9.17, 15) is 9.59 Å². The highest BCUT2D eigenvalue weighted by Gasteiger charge is 2.28. The number of ether oxygens (including phenoxy) is 2. The van der Waals surface area contributed by atoms with Crippen LogP contribution in [0.3, 0.4) is 0 Å². The molecule has 11 heteroatoms. The zero-order chi connectivity index (χ0) is 28.3. The molecule has 2 aliphatic rings. The Bertz CT molecular complexity index is 1180. The van der Waals surface area contributed by atoms with Crippen molar-refractivity contribution in [3.8, 4) is 11.5 Å². The summed E-state index contributed by atoms with van der Waals surface area (Å²) in [5.74, 6) is 1.83. The highest BCUT2D eigenvalue weighted by Crippen LogP contribution is 2.32. The third kappa shape index (κ3) is 7.84. The third-order valence-electron chi connectivity index (χ3n) is 7.39. The van der Waals surface area contributed by atoms with Crippen LogP contribution in [0.25, 0.3) is 0 Å². The lowest BCUT2D eigenvalue weighted by Gasteiger charge is -2.29. The molecular weight excluding hydrogens is 510 g/mol. The van der Waals surface area contributed by atoms with E-state index in [2.05, 4.69) is 50.0 Å². The first kappa shape index (κ1) is 29.1. The highest BCUT2D eigenvalue weighted by atomic mass is 16.5. The van der Waals surface area contributed by atoms with Crippen molar-refractivity contribution in [3.63, 3.8) is 0 Å². The number of likely N-dealkylation sites (N-methyl/N-ethyl adjacent to an activating group) is 1. The largest absolute Gasteiger partial charge is 0.493 e. The number of hydrogen-bond donors (Lipinski definition) is 4. The highest BCUT2D eigenvalue weighted by molar-refractivity contribution is 5.99. The molecule has 4 N–H and O–H groups in total. The first-order chi connectivity index (χ1) is 19.5. The van der Waals surface area contributed by atoms with Crippen molar-refractivity contribution in [1.82, 2.24) is 25.5 Å². The Labute approximate surface area is 236 Å². The molecule has 1 aromatic carbocycles. The first-order valence-electron chi connectivity index (χ1n) is 14.1. The fourth-order valence-electron chi connectivity index (χ4n) is 4.96. The molecular formula is C29H41N7O4. The zero-order valence-corrected chi connectivity index (χ0v) is 23.7. The predicted molar refractivity (Wildman–Crippen MR) is 155 cm³/mol. The molecule has 1 fully saturated rings. The minimum absolute atomic E-state index is 0.0149. The average molecular weight is 552 g/mol. The molecule has 4 rings (SSSR count). The van der Waals surface area contributed by atoms with E-state index in [0.717, 1.165) is 45.3 Å². The monoisotopic (exact) mass is 551 g/mol. The zero-order valence-electron chi connectivity index (χ0n) is 23.7. The number of rotatable bonds is 9. The minimum Gasteiger partial charge on any atom is -0.493 e. The van der Waals surface area contributed by atoms with Gasteiger partial charge < -0.3 is 35.6 Å². The van der Waals surface area contributed by atoms with E-state index in [4.69, 9.17) is 9.47 Å². The Kier molecular flexibility index (Phi) is 10.6. The van der Waals surface area contributed by atoms with Crippen LogP contribution in [0.5, 0.6) is 11.5 Å². The average Bonchev–Trinajstić information content (AvgIpc) is 2.98. The van der Waals surface area contributed by atoms with Gasteiger partial charge in [0.1, 0.15) is 18.0 Å². The van der Waals surface area contributed by atoms with E-state index in [1.807, 2.05) is 24.3 Å². The van der Waals surface area contributed by atoms with Crippen LogP contribution in [0.1, 0.15) is 49.9 Å². The van der Waals surface area contributed by atoms with Crippen LogP contribution in [-0.2, 0) is 4.79 Å². The standard InChI is InChI=1S/C29H41N7O4/c1-4-36(5-2)16-15-30-27(37)20-8-10-21(11-9-20)34-28(38)23-19-32-29-31-14-6-7-17-40-25-18-22(33-26(23)35-29)12-13-24(25)39-3/h6-7,12-13,18-21H,4-5,8-11,14-17H2,1-3H3,(H,30,37)(H,34,38)(H2,31,32,33,35)/b7-6-. The summed E-state index contributed by atoms with van der Waals surface area (Å²) in [7, 11) is 1.59. The van der Waals surface area contributed by atoms with E-state index in [0.29, 0.717) is 54.2 Å². The summed E-state index contributed by atoms with van der Waals surface area (Å²) in [6.07, 6.45) is 8.34. The first-order valence-corrected chi connectivity index (χ1v) is 14.1. The van der Waals surface area contributed by atoms with Crippen LogP contribution in [-0.4, -0.2) is 79.2 Å². The molecule has 0 atom stereocenters. The van der Waals surface area contributed by atoms with Gasteiger partial charge in [0.15, 0.2) is 11.5 Å². The van der Waals surface area contributed by atoms with Gasteiger partial charge in [-0.1, -0.05) is 19.9 Å². The van der Waals surface area contributed by atoms with Gasteiger partial charge in [-0.3, -0.25) is 9.59 Å². The number of amides is 2. The van der Waals surface area contributed by atoms with Crippen molar-refractivity contribution in [1.29, 1.82) is 0 Å². The maximum atomic E-state index is 13.4. The third-order valence-corrected chi connectivity index (χ3v) is 7.39. The molecule has 4 bridgehead atoms. The summed E-state index contributed by atoms with van der Waals surface area (Å²) < 4.78 is 11.3. The van der Waals surface area contributed by atoms with Crippen LogP contribution >= 0.6 is 0 Å². The molecule has 2 amide bonds. The minimum atomic E-state index is -0.254. The summed E-state index contributed by atoms with van der Waals surface area (Å²) in [6.45, 7) is 8.62. The van der Waals surface area contributed by atoms with Gasteiger partial charge in [0.2, 0.25) is 11.9 Å². The molecule has 216 valence electrons. The number of hydrogen-bond acceptors (Lipinski definition) is 9. The number of methoxy groups -OCH3 is 1. The predicted octanol–water partition coefficient (Wildman–Crippen LogP) is 3.34. The van der Waals surface area contributed by atoms with Crippen LogP contribution in [0.4, 0.5) is 17.5 Å². The van der Waals surface area contributed by atoms with Gasteiger partial charge in [0.05, 0.1) is 7.11 Å². The molecule has 11 nitrogen and oxygen atoms in total. The number of aromatic nitrogens is 2. The maximum Gasteiger partial charge on any atom is 0.256 e. The van der Waals surface area contributed by atoms with E-state index in [1.54, 1.807) is 13.2 Å². The van der Waals surface area contributed by atoms with Gasteiger partial charge in [0, 0.05) is 49.5 Å². The summed E-state index contributed by atoms with van der Waals surface area (Å²) in [4.78, 5) is 37.2. The fraction of sp³-hybridized carbons (Fsp3) is 0.517. The Morgan fingerprint density at radius 2 is 1.95 bits per heavy atom. The number of anilines is 3. The topological polar surface area (TPSA) is 130 Å². The van der Waals surface area contributed by atoms with Crippen LogP contribution in [0.2, 0.25) is 0 Å². The smallest absolute Gasteiger partial charge is 0.256 e. The number of benzene rings is 1. The van der Waals surface area contributed by atoms with Crippen molar-refractivity contribution >= 4 is 29.3 Å². The Balaban J connectivity index is 1.39. The second kappa shape index (κ2) is 14.5. The molecule has 0 spiro atoms. The van der Waals surface area contributed by atoms with E-state index in [1.165, 1.54) is 6.20 Å². The fourth-order valence-corrected chi connectivity index (χ4v) is 4.96. The molecule has 1 aromatic heterocycles. The number of fused-ring (bicyclic) bond motifs is 4. The second-order valence-electron chi connectivity index (χ2n) is 9.95. The van der Waals surface area contributed by atoms with Gasteiger partial charge in [-0.05, 0) is 57.0 Å². The molecule has 1 aliphatic heterocycles. The molecule has 0 unspecified atom stereocenters. The second-order valence-corrected chi connectivity index (χ2v) is 9.95. The van der Waals surface area contributed by atoms with Gasteiger partial charge in [0.25, 0.3) is 5.91 Å². The summed E-state index contributed by atoms with van der Waals surface area (Å²) in [5.41, 5.74) is 1.04. The molecule has 0 radical (unpaired) electrons. The SMILES string of the molecule is CCN(CC)CCNC(=O)C1CCC(NC(=O)c2cnc3nc2Nc2ccc(OC)c(c2)OC/C=C\CN3)CC1. The number of carbonyl (C=O) groups excluding carboxylic acids is 2. The van der Waals surface area contributed by atoms with Crippen molar-refractivity contribution < 1.29 is 19.1 Å². The van der Waals surface area contributed by atoms with Gasteiger partial charge >= 0.3 is 0 Å². The van der Waals surface area contributed by atoms with Crippen LogP contribution in [0, 0.1) is 5.92 Å². The number of nitrogens with one attached hydrogen (secondary N) is 4. The van der Waals surface area contributed by atoms with Gasteiger partial charge in [-0.2, -0.15) is 4.98 Å². The molecule has 40 heavy (non-hydrogen) atoms. The maximum absolute atomic E-state index is 13.4. The van der Waals surface area contributed by atoms with Gasteiger partial charge in [-0.15, -0.1) is 0 Å². The van der Waals surface area contributed by atoms with Crippen LogP contribution in [0.15, 0.2) is 36.5 Å². The van der Waals surface area contributed by atoms with E-state index >= 15 is 0 Å². The summed E-state index contributed by atoms with van der Waals surface area (Å²) in [5, 5.41) is 12.6. The molecule has 0 saturated heterocycles. The Hall–Kier alpha value is -3.86. The summed E-state index contributed by atoms with van der Waals surface area (Å²) >= 11 is 0. The van der Waals surface area contributed by atoms with Crippen molar-refractivity contribution in [2.24, 2.45) is 5.92 Å². The quantitative estimate of drug-likeness (QED) is 0.347. The normalized spacial score (nSPS) is 19.4. The van der Waals surface area contributed by atoms with Gasteiger partial charge in [-0.25, -0.2) is 4.98 Å². The lowest BCUT2D eigenvalue weighted by molar-refractivity contribution is -0.126. The van der Waals surface area contributed by atoms with Crippen LogP contribution < -0.4 is 30.7 Å². The van der Waals surface area contributed by atoms with Crippen molar-refractivity contribution in [3.05, 3.63) is 42.1 Å². The van der Waals surface area contributed by atoms with E-state index in [-0.39, 0.29) is 23.8 Å². The summed E-state index contributed by atoms with van der Waals surface area (Å²) in [6, 6.07) is 5.44. The molecule has 2 aromatic rings.